The second-order valence-electron chi connectivity index (χ2n) is 4.13. The Morgan fingerprint density at radius 2 is 2.06 bits per heavy atom. The molecule has 1 aromatic carbocycles. The van der Waals surface area contributed by atoms with Gasteiger partial charge in [-0.1, -0.05) is 17.7 Å². The van der Waals surface area contributed by atoms with Crippen molar-refractivity contribution in [3.8, 4) is 0 Å². The second-order valence-corrected chi connectivity index (χ2v) is 6.50. The number of sulfone groups is 1. The van der Waals surface area contributed by atoms with Gasteiger partial charge in [-0.05, 0) is 32.1 Å². The van der Waals surface area contributed by atoms with E-state index in [2.05, 4.69) is 0 Å². The number of hydrogen-bond donors (Lipinski definition) is 0. The van der Waals surface area contributed by atoms with Crippen LogP contribution in [0.25, 0.3) is 6.08 Å². The minimum Gasteiger partial charge on any atom is -0.373 e. The normalized spacial score (nSPS) is 17.1. The summed E-state index contributed by atoms with van der Waals surface area (Å²) in [6.07, 6.45) is 1.58. The molecule has 17 heavy (non-hydrogen) atoms. The number of halogens is 1. The van der Waals surface area contributed by atoms with Crippen LogP contribution in [0.2, 0.25) is 5.02 Å². The lowest BCUT2D eigenvalue weighted by Gasteiger charge is -2.08. The van der Waals surface area contributed by atoms with E-state index in [1.54, 1.807) is 24.3 Å². The zero-order valence-corrected chi connectivity index (χ0v) is 11.2. The molecule has 0 saturated carbocycles. The average molecular weight is 273 g/mol. The van der Waals surface area contributed by atoms with Gasteiger partial charge in [0.2, 0.25) is 9.84 Å². The zero-order valence-electron chi connectivity index (χ0n) is 9.60. The number of hydrogen-bond acceptors (Lipinski definition) is 3. The lowest BCUT2D eigenvalue weighted by molar-refractivity contribution is 0.101. The molecule has 0 saturated heterocycles. The molecule has 0 atom stereocenters. The van der Waals surface area contributed by atoms with Gasteiger partial charge in [0, 0.05) is 10.6 Å². The fourth-order valence-electron chi connectivity index (χ4n) is 1.64. The molecule has 1 aliphatic heterocycles. The summed E-state index contributed by atoms with van der Waals surface area (Å²) in [5.41, 5.74) is 0.566. The first-order valence-corrected chi connectivity index (χ1v) is 7.15. The predicted molar refractivity (Wildman–Crippen MR) is 67.7 cm³/mol. The van der Waals surface area contributed by atoms with Gasteiger partial charge in [-0.3, -0.25) is 0 Å². The highest BCUT2D eigenvalue weighted by atomic mass is 35.5. The van der Waals surface area contributed by atoms with Crippen LogP contribution in [-0.4, -0.2) is 21.1 Å². The van der Waals surface area contributed by atoms with E-state index < -0.39 is 9.84 Å². The highest BCUT2D eigenvalue weighted by Gasteiger charge is 2.30. The average Bonchev–Trinajstić information content (AvgIpc) is 2.50. The monoisotopic (exact) mass is 272 g/mol. The minimum atomic E-state index is -3.41. The van der Waals surface area contributed by atoms with Crippen LogP contribution in [0.1, 0.15) is 19.4 Å². The quantitative estimate of drug-likeness (QED) is 0.850. The van der Waals surface area contributed by atoms with Crippen LogP contribution in [0, 0.1) is 0 Å². The Hall–Kier alpha value is -0.840. The summed E-state index contributed by atoms with van der Waals surface area (Å²) in [4.78, 5) is 0.543. The van der Waals surface area contributed by atoms with E-state index in [1.807, 2.05) is 13.8 Å². The maximum atomic E-state index is 12.1. The van der Waals surface area contributed by atoms with Crippen LogP contribution in [0.3, 0.4) is 0 Å². The summed E-state index contributed by atoms with van der Waals surface area (Å²) in [5, 5.41) is 0.450. The van der Waals surface area contributed by atoms with Crippen molar-refractivity contribution in [3.05, 3.63) is 33.7 Å². The molecule has 0 aliphatic carbocycles. The highest BCUT2D eigenvalue weighted by Crippen LogP contribution is 2.36. The van der Waals surface area contributed by atoms with Gasteiger partial charge in [0.15, 0.2) is 0 Å². The van der Waals surface area contributed by atoms with Gasteiger partial charge < -0.3 is 4.74 Å². The van der Waals surface area contributed by atoms with Crippen LogP contribution in [0.5, 0.6) is 0 Å². The fourth-order valence-corrected chi connectivity index (χ4v) is 3.42. The smallest absolute Gasteiger partial charge is 0.205 e. The fraction of sp³-hybridized carbons (Fsp3) is 0.333. The van der Waals surface area contributed by atoms with Crippen LogP contribution in [0.15, 0.2) is 28.0 Å². The van der Waals surface area contributed by atoms with E-state index in [0.717, 1.165) is 0 Å². The van der Waals surface area contributed by atoms with E-state index in [1.165, 1.54) is 0 Å². The van der Waals surface area contributed by atoms with Crippen LogP contribution in [-0.2, 0) is 14.6 Å². The van der Waals surface area contributed by atoms with Crippen LogP contribution < -0.4 is 0 Å². The van der Waals surface area contributed by atoms with Gasteiger partial charge in [-0.15, -0.1) is 0 Å². The number of benzene rings is 1. The molecule has 0 bridgehead atoms. The van der Waals surface area contributed by atoms with E-state index in [-0.39, 0.29) is 22.5 Å². The van der Waals surface area contributed by atoms with Crippen LogP contribution >= 0.6 is 11.6 Å². The Kier molecular flexibility index (Phi) is 3.30. The van der Waals surface area contributed by atoms with E-state index >= 15 is 0 Å². The van der Waals surface area contributed by atoms with Gasteiger partial charge in [0.1, 0.15) is 0 Å². The minimum absolute atomic E-state index is 0.00900. The predicted octanol–water partition coefficient (Wildman–Crippen LogP) is 2.89. The molecule has 5 heteroatoms. The van der Waals surface area contributed by atoms with Crippen molar-refractivity contribution >= 4 is 27.5 Å². The van der Waals surface area contributed by atoms with Crippen molar-refractivity contribution in [2.24, 2.45) is 0 Å². The SMILES string of the molecule is CC(C)OCC1=Cc2c(Cl)cccc2S1(=O)=O. The third-order valence-electron chi connectivity index (χ3n) is 2.51. The van der Waals surface area contributed by atoms with Crippen molar-refractivity contribution in [1.82, 2.24) is 0 Å². The third-order valence-corrected chi connectivity index (χ3v) is 4.70. The Balaban J connectivity index is 2.40. The van der Waals surface area contributed by atoms with E-state index in [0.29, 0.717) is 10.6 Å². The summed E-state index contributed by atoms with van der Waals surface area (Å²) in [5.74, 6) is 0. The topological polar surface area (TPSA) is 43.4 Å². The molecular weight excluding hydrogens is 260 g/mol. The van der Waals surface area contributed by atoms with Crippen molar-refractivity contribution in [3.63, 3.8) is 0 Å². The molecule has 0 fully saturated rings. The summed E-state index contributed by atoms with van der Waals surface area (Å²) >= 11 is 5.98. The molecule has 0 N–H and O–H groups in total. The Morgan fingerprint density at radius 3 is 2.65 bits per heavy atom. The summed E-state index contributed by atoms with van der Waals surface area (Å²) < 4.78 is 29.6. The first-order chi connectivity index (χ1) is 7.93. The summed E-state index contributed by atoms with van der Waals surface area (Å²) in [7, 11) is -3.41. The van der Waals surface area contributed by atoms with Crippen molar-refractivity contribution in [1.29, 1.82) is 0 Å². The lowest BCUT2D eigenvalue weighted by Crippen LogP contribution is -2.10. The molecule has 0 spiro atoms. The number of fused-ring (bicyclic) bond motifs is 1. The molecule has 0 unspecified atom stereocenters. The molecule has 92 valence electrons. The molecular formula is C12H13ClO3S. The Labute approximate surface area is 106 Å². The van der Waals surface area contributed by atoms with Crippen molar-refractivity contribution < 1.29 is 13.2 Å². The second kappa shape index (κ2) is 4.44. The van der Waals surface area contributed by atoms with Gasteiger partial charge in [-0.25, -0.2) is 8.42 Å². The van der Waals surface area contributed by atoms with Gasteiger partial charge in [0.05, 0.1) is 22.5 Å². The largest absolute Gasteiger partial charge is 0.373 e. The Bertz CT molecular complexity index is 573. The number of ether oxygens (including phenoxy) is 1. The zero-order chi connectivity index (χ0) is 12.6. The maximum Gasteiger partial charge on any atom is 0.205 e. The van der Waals surface area contributed by atoms with Crippen molar-refractivity contribution in [2.45, 2.75) is 24.8 Å². The van der Waals surface area contributed by atoms with Crippen molar-refractivity contribution in [2.75, 3.05) is 6.61 Å². The molecule has 0 amide bonds. The molecule has 2 rings (SSSR count). The Morgan fingerprint density at radius 1 is 1.35 bits per heavy atom. The first kappa shape index (κ1) is 12.6. The lowest BCUT2D eigenvalue weighted by atomic mass is 10.2. The number of rotatable bonds is 3. The molecule has 1 aliphatic rings. The van der Waals surface area contributed by atoms with Gasteiger partial charge in [-0.2, -0.15) is 0 Å². The summed E-state index contributed by atoms with van der Waals surface area (Å²) in [6, 6.07) is 4.88. The highest BCUT2D eigenvalue weighted by molar-refractivity contribution is 7.95. The van der Waals surface area contributed by atoms with Crippen LogP contribution in [0.4, 0.5) is 0 Å². The molecule has 3 nitrogen and oxygen atoms in total. The van der Waals surface area contributed by atoms with Gasteiger partial charge in [0.25, 0.3) is 0 Å². The van der Waals surface area contributed by atoms with Gasteiger partial charge >= 0.3 is 0 Å². The molecule has 1 heterocycles. The molecule has 1 aromatic rings. The maximum absolute atomic E-state index is 12.1. The standard InChI is InChI=1S/C12H13ClO3S/c1-8(2)16-7-9-6-10-11(13)4-3-5-12(10)17(9,14)15/h3-6,8H,7H2,1-2H3. The molecule has 0 aromatic heterocycles. The first-order valence-electron chi connectivity index (χ1n) is 5.28. The molecule has 0 radical (unpaired) electrons. The van der Waals surface area contributed by atoms with E-state index in [4.69, 9.17) is 16.3 Å². The third kappa shape index (κ3) is 2.25. The van der Waals surface area contributed by atoms with E-state index in [9.17, 15) is 8.42 Å². The summed E-state index contributed by atoms with van der Waals surface area (Å²) in [6.45, 7) is 3.81.